The van der Waals surface area contributed by atoms with E-state index in [0.29, 0.717) is 30.7 Å². The van der Waals surface area contributed by atoms with Crippen LogP contribution in [0.1, 0.15) is 18.4 Å². The van der Waals surface area contributed by atoms with Crippen molar-refractivity contribution < 1.29 is 9.13 Å². The predicted octanol–water partition coefficient (Wildman–Crippen LogP) is 1.90. The molecule has 1 aliphatic rings. The molecule has 0 radical (unpaired) electrons. The van der Waals surface area contributed by atoms with Gasteiger partial charge in [-0.3, -0.25) is 0 Å². The molecule has 1 heterocycles. The van der Waals surface area contributed by atoms with E-state index in [1.165, 1.54) is 12.1 Å². The Hall–Kier alpha value is -1.09. The fourth-order valence-corrected chi connectivity index (χ4v) is 1.84. The normalized spacial score (nSPS) is 21.5. The maximum atomic E-state index is 12.9. The zero-order chi connectivity index (χ0) is 10.1. The number of benzene rings is 1. The summed E-state index contributed by atoms with van der Waals surface area (Å²) in [5.74, 6) is 1.12. The maximum Gasteiger partial charge on any atom is 0.126 e. The first-order valence-electron chi connectivity index (χ1n) is 4.84. The molecule has 0 aliphatic carbocycles. The van der Waals surface area contributed by atoms with Crippen molar-refractivity contribution in [2.24, 2.45) is 11.7 Å². The Labute approximate surface area is 82.9 Å². The number of hydrogen-bond acceptors (Lipinski definition) is 2. The minimum atomic E-state index is -0.246. The van der Waals surface area contributed by atoms with Gasteiger partial charge in [-0.1, -0.05) is 13.0 Å². The third kappa shape index (κ3) is 1.48. The minimum absolute atomic E-state index is 0.246. The summed E-state index contributed by atoms with van der Waals surface area (Å²) in [6.07, 6.45) is 0. The third-order valence-electron chi connectivity index (χ3n) is 2.85. The fourth-order valence-electron chi connectivity index (χ4n) is 1.84. The van der Waals surface area contributed by atoms with Crippen LogP contribution in [0.5, 0.6) is 5.75 Å². The van der Waals surface area contributed by atoms with Gasteiger partial charge in [0.25, 0.3) is 0 Å². The Morgan fingerprint density at radius 1 is 1.64 bits per heavy atom. The van der Waals surface area contributed by atoms with Crippen molar-refractivity contribution in [3.8, 4) is 5.75 Å². The lowest BCUT2D eigenvalue weighted by molar-refractivity contribution is 0.298. The van der Waals surface area contributed by atoms with Gasteiger partial charge in [0.15, 0.2) is 0 Å². The van der Waals surface area contributed by atoms with E-state index in [0.717, 1.165) is 5.56 Å². The van der Waals surface area contributed by atoms with E-state index in [9.17, 15) is 4.39 Å². The lowest BCUT2D eigenvalue weighted by Crippen LogP contribution is -2.20. The molecule has 0 fully saturated rings. The van der Waals surface area contributed by atoms with E-state index in [4.69, 9.17) is 10.5 Å². The summed E-state index contributed by atoms with van der Waals surface area (Å²) in [4.78, 5) is 0. The van der Waals surface area contributed by atoms with Crippen LogP contribution in [0.4, 0.5) is 4.39 Å². The third-order valence-corrected chi connectivity index (χ3v) is 2.85. The highest BCUT2D eigenvalue weighted by atomic mass is 19.1. The standard InChI is InChI=1S/C11H14FNO/c1-7(5-13)10-6-14-11-4-8(12)2-3-9(10)11/h2-4,7,10H,5-6,13H2,1H3. The number of ether oxygens (including phenoxy) is 1. The van der Waals surface area contributed by atoms with Crippen LogP contribution in [-0.4, -0.2) is 13.2 Å². The number of fused-ring (bicyclic) bond motifs is 1. The average molecular weight is 195 g/mol. The highest BCUT2D eigenvalue weighted by molar-refractivity contribution is 5.40. The molecule has 1 aromatic carbocycles. The summed E-state index contributed by atoms with van der Waals surface area (Å²) in [7, 11) is 0. The van der Waals surface area contributed by atoms with E-state index in [2.05, 4.69) is 6.92 Å². The molecule has 0 amide bonds. The van der Waals surface area contributed by atoms with Crippen LogP contribution in [-0.2, 0) is 0 Å². The van der Waals surface area contributed by atoms with E-state index < -0.39 is 0 Å². The summed E-state index contributed by atoms with van der Waals surface area (Å²) in [5.41, 5.74) is 6.70. The highest BCUT2D eigenvalue weighted by Crippen LogP contribution is 2.38. The first-order chi connectivity index (χ1) is 6.72. The van der Waals surface area contributed by atoms with Gasteiger partial charge >= 0.3 is 0 Å². The first-order valence-corrected chi connectivity index (χ1v) is 4.84. The highest BCUT2D eigenvalue weighted by Gasteiger charge is 2.28. The monoisotopic (exact) mass is 195 g/mol. The van der Waals surface area contributed by atoms with Crippen LogP contribution < -0.4 is 10.5 Å². The van der Waals surface area contributed by atoms with Gasteiger partial charge in [-0.05, 0) is 18.5 Å². The van der Waals surface area contributed by atoms with E-state index in [-0.39, 0.29) is 5.82 Å². The van der Waals surface area contributed by atoms with Crippen LogP contribution in [0.25, 0.3) is 0 Å². The van der Waals surface area contributed by atoms with Gasteiger partial charge in [-0.2, -0.15) is 0 Å². The van der Waals surface area contributed by atoms with Gasteiger partial charge in [-0.15, -0.1) is 0 Å². The molecule has 0 saturated carbocycles. The molecular weight excluding hydrogens is 181 g/mol. The summed E-state index contributed by atoms with van der Waals surface area (Å²) >= 11 is 0. The Kier molecular flexibility index (Phi) is 2.42. The molecule has 2 rings (SSSR count). The summed E-state index contributed by atoms with van der Waals surface area (Å²) < 4.78 is 18.3. The second-order valence-corrected chi connectivity index (χ2v) is 3.81. The molecule has 3 heteroatoms. The number of nitrogens with two attached hydrogens (primary N) is 1. The van der Waals surface area contributed by atoms with Crippen molar-refractivity contribution in [3.05, 3.63) is 29.6 Å². The zero-order valence-corrected chi connectivity index (χ0v) is 8.16. The first kappa shape index (κ1) is 9.46. The molecule has 1 aromatic rings. The van der Waals surface area contributed by atoms with Gasteiger partial charge in [0.1, 0.15) is 11.6 Å². The number of hydrogen-bond donors (Lipinski definition) is 1. The van der Waals surface area contributed by atoms with Crippen LogP contribution in [0, 0.1) is 11.7 Å². The summed E-state index contributed by atoms with van der Waals surface area (Å²) in [6.45, 7) is 3.34. The molecule has 0 bridgehead atoms. The van der Waals surface area contributed by atoms with Crippen LogP contribution in [0.3, 0.4) is 0 Å². The molecule has 0 aromatic heterocycles. The molecule has 0 saturated heterocycles. The topological polar surface area (TPSA) is 35.2 Å². The van der Waals surface area contributed by atoms with E-state index in [1.54, 1.807) is 6.07 Å². The lowest BCUT2D eigenvalue weighted by atomic mass is 9.89. The Balaban J connectivity index is 2.31. The van der Waals surface area contributed by atoms with Gasteiger partial charge < -0.3 is 10.5 Å². The molecular formula is C11H14FNO. The van der Waals surface area contributed by atoms with Crippen molar-refractivity contribution >= 4 is 0 Å². The lowest BCUT2D eigenvalue weighted by Gasteiger charge is -2.15. The molecule has 2 nitrogen and oxygen atoms in total. The largest absolute Gasteiger partial charge is 0.493 e. The number of halogens is 1. The second kappa shape index (κ2) is 3.58. The van der Waals surface area contributed by atoms with E-state index >= 15 is 0 Å². The second-order valence-electron chi connectivity index (χ2n) is 3.81. The summed E-state index contributed by atoms with van der Waals surface area (Å²) in [6, 6.07) is 4.72. The van der Waals surface area contributed by atoms with Crippen molar-refractivity contribution in [1.82, 2.24) is 0 Å². The molecule has 0 spiro atoms. The van der Waals surface area contributed by atoms with Crippen molar-refractivity contribution in [2.45, 2.75) is 12.8 Å². The molecule has 2 unspecified atom stereocenters. The average Bonchev–Trinajstić information content (AvgIpc) is 2.59. The maximum absolute atomic E-state index is 12.9. The Morgan fingerprint density at radius 2 is 2.43 bits per heavy atom. The van der Waals surface area contributed by atoms with Gasteiger partial charge in [-0.25, -0.2) is 4.39 Å². The quantitative estimate of drug-likeness (QED) is 0.782. The van der Waals surface area contributed by atoms with Gasteiger partial charge in [0, 0.05) is 17.5 Å². The molecule has 14 heavy (non-hydrogen) atoms. The fraction of sp³-hybridized carbons (Fsp3) is 0.455. The molecule has 76 valence electrons. The predicted molar refractivity (Wildman–Crippen MR) is 52.9 cm³/mol. The molecule has 2 atom stereocenters. The molecule has 2 N–H and O–H groups in total. The van der Waals surface area contributed by atoms with Crippen molar-refractivity contribution in [1.29, 1.82) is 0 Å². The molecule has 1 aliphatic heterocycles. The summed E-state index contributed by atoms with van der Waals surface area (Å²) in [5, 5.41) is 0. The van der Waals surface area contributed by atoms with Crippen LogP contribution >= 0.6 is 0 Å². The van der Waals surface area contributed by atoms with Crippen LogP contribution in [0.15, 0.2) is 18.2 Å². The number of rotatable bonds is 2. The van der Waals surface area contributed by atoms with Crippen LogP contribution in [0.2, 0.25) is 0 Å². The minimum Gasteiger partial charge on any atom is -0.493 e. The van der Waals surface area contributed by atoms with Crippen molar-refractivity contribution in [3.63, 3.8) is 0 Å². The smallest absolute Gasteiger partial charge is 0.126 e. The van der Waals surface area contributed by atoms with Gasteiger partial charge in [0.05, 0.1) is 6.61 Å². The van der Waals surface area contributed by atoms with Crippen molar-refractivity contribution in [2.75, 3.05) is 13.2 Å². The Morgan fingerprint density at radius 3 is 3.14 bits per heavy atom. The SMILES string of the molecule is CC(CN)C1COc2cc(F)ccc21. The van der Waals surface area contributed by atoms with E-state index in [1.807, 2.05) is 0 Å². The van der Waals surface area contributed by atoms with Gasteiger partial charge in [0.2, 0.25) is 0 Å². The zero-order valence-electron chi connectivity index (χ0n) is 8.16. The Bertz CT molecular complexity index is 340.